The predicted molar refractivity (Wildman–Crippen MR) is 66.9 cm³/mol. The van der Waals surface area contributed by atoms with Gasteiger partial charge in [0.15, 0.2) is 0 Å². The Kier molecular flexibility index (Phi) is 4.18. The van der Waals surface area contributed by atoms with Gasteiger partial charge in [-0.25, -0.2) is 0 Å². The number of nitrogens with zero attached hydrogens (tertiary/aromatic N) is 4. The molecule has 0 bridgehead atoms. The summed E-state index contributed by atoms with van der Waals surface area (Å²) in [6, 6.07) is 0. The first-order valence-electron chi connectivity index (χ1n) is 4.97. The van der Waals surface area contributed by atoms with E-state index in [1.165, 1.54) is 22.7 Å². The van der Waals surface area contributed by atoms with Crippen LogP contribution in [-0.2, 0) is 17.6 Å². The van der Waals surface area contributed by atoms with E-state index < -0.39 is 0 Å². The number of nitrogens with two attached hydrogens (primary N) is 2. The number of nitrogen functional groups attached to an aromatic ring is 2. The Morgan fingerprint density at radius 3 is 1.65 bits per heavy atom. The van der Waals surface area contributed by atoms with E-state index >= 15 is 0 Å². The predicted octanol–water partition coefficient (Wildman–Crippen LogP) is 0.356. The topological polar surface area (TPSA) is 113 Å². The molecule has 7 nitrogen and oxygen atoms in total. The van der Waals surface area contributed by atoms with Crippen molar-refractivity contribution in [3.05, 3.63) is 10.0 Å². The van der Waals surface area contributed by atoms with E-state index in [-0.39, 0.29) is 0 Å². The molecular weight excluding hydrogens is 260 g/mol. The van der Waals surface area contributed by atoms with Crippen LogP contribution in [0.4, 0.5) is 10.3 Å². The van der Waals surface area contributed by atoms with Gasteiger partial charge < -0.3 is 16.2 Å². The van der Waals surface area contributed by atoms with E-state index in [1.807, 2.05) is 0 Å². The molecule has 0 aliphatic heterocycles. The third-order valence-corrected chi connectivity index (χ3v) is 3.51. The molecule has 0 radical (unpaired) electrons. The Morgan fingerprint density at radius 1 is 0.824 bits per heavy atom. The van der Waals surface area contributed by atoms with Crippen LogP contribution in [0.15, 0.2) is 0 Å². The molecule has 2 rings (SSSR count). The minimum atomic E-state index is 0.490. The number of rotatable bonds is 6. The lowest BCUT2D eigenvalue weighted by atomic mass is 10.4. The average molecular weight is 272 g/mol. The third kappa shape index (κ3) is 3.88. The molecule has 9 heteroatoms. The van der Waals surface area contributed by atoms with Crippen molar-refractivity contribution < 1.29 is 4.74 Å². The van der Waals surface area contributed by atoms with Crippen LogP contribution in [0.2, 0.25) is 0 Å². The van der Waals surface area contributed by atoms with Gasteiger partial charge in [-0.05, 0) is 0 Å². The van der Waals surface area contributed by atoms with Gasteiger partial charge in [-0.2, -0.15) is 0 Å². The monoisotopic (exact) mass is 272 g/mol. The van der Waals surface area contributed by atoms with Crippen LogP contribution in [-0.4, -0.2) is 33.6 Å². The minimum Gasteiger partial charge on any atom is -0.381 e. The Morgan fingerprint density at radius 2 is 1.29 bits per heavy atom. The fourth-order valence-electron chi connectivity index (χ4n) is 1.16. The summed E-state index contributed by atoms with van der Waals surface area (Å²) in [6.45, 7) is 1.20. The first-order valence-corrected chi connectivity index (χ1v) is 6.61. The molecule has 4 N–H and O–H groups in total. The summed E-state index contributed by atoms with van der Waals surface area (Å²) in [5.41, 5.74) is 10.9. The molecule has 0 unspecified atom stereocenters. The van der Waals surface area contributed by atoms with Crippen molar-refractivity contribution in [1.82, 2.24) is 20.4 Å². The molecule has 2 aromatic heterocycles. The summed E-state index contributed by atoms with van der Waals surface area (Å²) in [7, 11) is 0. The molecule has 0 saturated carbocycles. The fraction of sp³-hybridized carbons (Fsp3) is 0.500. The number of anilines is 2. The SMILES string of the molecule is Nc1nnc(CCOCCc2nnc(N)s2)s1. The lowest BCUT2D eigenvalue weighted by molar-refractivity contribution is 0.140. The lowest BCUT2D eigenvalue weighted by Gasteiger charge is -1.99. The van der Waals surface area contributed by atoms with Crippen LogP contribution >= 0.6 is 22.7 Å². The van der Waals surface area contributed by atoms with Crippen molar-refractivity contribution in [1.29, 1.82) is 0 Å². The second kappa shape index (κ2) is 5.84. The Hall–Kier alpha value is -1.32. The summed E-state index contributed by atoms with van der Waals surface area (Å²) >= 11 is 2.77. The maximum Gasteiger partial charge on any atom is 0.203 e. The molecule has 2 heterocycles. The van der Waals surface area contributed by atoms with Crippen molar-refractivity contribution in [2.24, 2.45) is 0 Å². The van der Waals surface area contributed by atoms with Gasteiger partial charge in [-0.1, -0.05) is 22.7 Å². The van der Waals surface area contributed by atoms with Crippen LogP contribution in [0, 0.1) is 0 Å². The van der Waals surface area contributed by atoms with E-state index in [4.69, 9.17) is 16.2 Å². The van der Waals surface area contributed by atoms with Gasteiger partial charge in [0.2, 0.25) is 10.3 Å². The first kappa shape index (κ1) is 12.1. The number of ether oxygens (including phenoxy) is 1. The summed E-state index contributed by atoms with van der Waals surface area (Å²) < 4.78 is 5.46. The summed E-state index contributed by atoms with van der Waals surface area (Å²) in [4.78, 5) is 0. The number of aromatic nitrogens is 4. The molecule has 0 fully saturated rings. The molecule has 0 amide bonds. The second-order valence-corrected chi connectivity index (χ2v) is 5.37. The molecule has 92 valence electrons. The van der Waals surface area contributed by atoms with Crippen LogP contribution in [0.5, 0.6) is 0 Å². The minimum absolute atomic E-state index is 0.490. The summed E-state index contributed by atoms with van der Waals surface area (Å²) in [5.74, 6) is 0. The zero-order valence-electron chi connectivity index (χ0n) is 9.00. The molecule has 17 heavy (non-hydrogen) atoms. The zero-order chi connectivity index (χ0) is 12.1. The van der Waals surface area contributed by atoms with Gasteiger partial charge >= 0.3 is 0 Å². The summed E-state index contributed by atoms with van der Waals surface area (Å²) in [5, 5.41) is 18.0. The second-order valence-electron chi connectivity index (χ2n) is 3.18. The maximum atomic E-state index is 5.47. The third-order valence-electron chi connectivity index (χ3n) is 1.89. The van der Waals surface area contributed by atoms with Gasteiger partial charge in [-0.3, -0.25) is 0 Å². The Balaban J connectivity index is 1.60. The highest BCUT2D eigenvalue weighted by atomic mass is 32.1. The van der Waals surface area contributed by atoms with Gasteiger partial charge in [0.25, 0.3) is 0 Å². The molecule has 0 aliphatic carbocycles. The fourth-order valence-corrected chi connectivity index (χ4v) is 2.34. The van der Waals surface area contributed by atoms with E-state index in [0.717, 1.165) is 22.9 Å². The van der Waals surface area contributed by atoms with Crippen molar-refractivity contribution in [3.63, 3.8) is 0 Å². The maximum absolute atomic E-state index is 5.47. The van der Waals surface area contributed by atoms with Crippen molar-refractivity contribution in [2.75, 3.05) is 24.7 Å². The van der Waals surface area contributed by atoms with Crippen LogP contribution in [0.3, 0.4) is 0 Å². The first-order chi connectivity index (χ1) is 8.24. The van der Waals surface area contributed by atoms with Crippen LogP contribution in [0.1, 0.15) is 10.0 Å². The molecule has 0 aliphatic rings. The summed E-state index contributed by atoms with van der Waals surface area (Å²) in [6.07, 6.45) is 1.46. The standard InChI is InChI=1S/C8H12N6OS2/c9-7-13-11-5(16-7)1-3-15-4-2-6-12-14-8(10)17-6/h1-4H2,(H2,9,13)(H2,10,14). The van der Waals surface area contributed by atoms with E-state index in [2.05, 4.69) is 20.4 Å². The average Bonchev–Trinajstić information content (AvgIpc) is 2.88. The van der Waals surface area contributed by atoms with E-state index in [9.17, 15) is 0 Å². The highest BCUT2D eigenvalue weighted by Crippen LogP contribution is 2.12. The largest absolute Gasteiger partial charge is 0.381 e. The van der Waals surface area contributed by atoms with Crippen molar-refractivity contribution >= 4 is 32.9 Å². The molecule has 0 aromatic carbocycles. The lowest BCUT2D eigenvalue weighted by Crippen LogP contribution is -2.02. The number of hydrogen-bond donors (Lipinski definition) is 2. The van der Waals surface area contributed by atoms with Crippen LogP contribution in [0.25, 0.3) is 0 Å². The molecule has 2 aromatic rings. The highest BCUT2D eigenvalue weighted by Gasteiger charge is 2.02. The van der Waals surface area contributed by atoms with E-state index in [1.54, 1.807) is 0 Å². The van der Waals surface area contributed by atoms with Gasteiger partial charge in [-0.15, -0.1) is 20.4 Å². The molecule has 0 atom stereocenters. The van der Waals surface area contributed by atoms with Crippen LogP contribution < -0.4 is 11.5 Å². The smallest absolute Gasteiger partial charge is 0.203 e. The molecule has 0 spiro atoms. The van der Waals surface area contributed by atoms with Gasteiger partial charge in [0, 0.05) is 12.8 Å². The molecular formula is C8H12N6OS2. The zero-order valence-corrected chi connectivity index (χ0v) is 10.6. The van der Waals surface area contributed by atoms with Gasteiger partial charge in [0.1, 0.15) is 10.0 Å². The van der Waals surface area contributed by atoms with Crippen molar-refractivity contribution in [2.45, 2.75) is 12.8 Å². The molecule has 0 saturated heterocycles. The van der Waals surface area contributed by atoms with E-state index in [0.29, 0.717) is 23.5 Å². The van der Waals surface area contributed by atoms with Gasteiger partial charge in [0.05, 0.1) is 13.2 Å². The Labute approximate surface area is 106 Å². The Bertz CT molecular complexity index is 428. The quantitative estimate of drug-likeness (QED) is 0.730. The van der Waals surface area contributed by atoms with Crippen molar-refractivity contribution in [3.8, 4) is 0 Å². The normalized spacial score (nSPS) is 10.8. The highest BCUT2D eigenvalue weighted by molar-refractivity contribution is 7.15. The number of hydrogen-bond acceptors (Lipinski definition) is 9.